The number of benzene rings is 1. The predicted octanol–water partition coefficient (Wildman–Crippen LogP) is 4.20. The van der Waals surface area contributed by atoms with E-state index >= 15 is 0 Å². The lowest BCUT2D eigenvalue weighted by Crippen LogP contribution is -2.22. The molecule has 1 aromatic carbocycles. The van der Waals surface area contributed by atoms with Crippen LogP contribution in [0.1, 0.15) is 50.6 Å². The van der Waals surface area contributed by atoms with E-state index in [0.717, 1.165) is 24.9 Å². The molecule has 1 N–H and O–H groups in total. The summed E-state index contributed by atoms with van der Waals surface area (Å²) in [5.74, 6) is 0.107. The van der Waals surface area contributed by atoms with E-state index in [-0.39, 0.29) is 17.7 Å². The minimum absolute atomic E-state index is 0.137. The highest BCUT2D eigenvalue weighted by Gasteiger charge is 2.16. The van der Waals surface area contributed by atoms with Crippen LogP contribution in [0.15, 0.2) is 18.2 Å². The zero-order chi connectivity index (χ0) is 13.0. The summed E-state index contributed by atoms with van der Waals surface area (Å²) in [5.41, 5.74) is 0.418. The summed E-state index contributed by atoms with van der Waals surface area (Å²) in [5, 5.41) is 3.29. The molecule has 0 heterocycles. The van der Waals surface area contributed by atoms with Crippen LogP contribution in [-0.2, 0) is 0 Å². The minimum atomic E-state index is -0.379. The molecule has 0 aromatic heterocycles. The van der Waals surface area contributed by atoms with Gasteiger partial charge in [-0.1, -0.05) is 25.7 Å². The van der Waals surface area contributed by atoms with Crippen LogP contribution in [0.25, 0.3) is 0 Å². The average Bonchev–Trinajstić information content (AvgIpc) is 2.85. The summed E-state index contributed by atoms with van der Waals surface area (Å²) < 4.78 is 26.6. The quantitative estimate of drug-likeness (QED) is 0.829. The van der Waals surface area contributed by atoms with Crippen molar-refractivity contribution in [3.8, 4) is 0 Å². The molecule has 1 aromatic rings. The molecule has 1 aliphatic carbocycles. The van der Waals surface area contributed by atoms with Crippen LogP contribution in [0, 0.1) is 17.6 Å². The van der Waals surface area contributed by atoms with Gasteiger partial charge in [-0.25, -0.2) is 8.78 Å². The van der Waals surface area contributed by atoms with Crippen molar-refractivity contribution in [1.82, 2.24) is 5.32 Å². The standard InChI is InChI=1S/C15H21F2N/c1-11(14-10-13(16)6-7-15(14)17)18-9-8-12-4-2-3-5-12/h6-7,10-12,18H,2-5,8-9H2,1H3. The highest BCUT2D eigenvalue weighted by atomic mass is 19.1. The SMILES string of the molecule is CC(NCCC1CCCC1)c1cc(F)ccc1F. The maximum atomic E-state index is 13.5. The van der Waals surface area contributed by atoms with Crippen molar-refractivity contribution in [2.75, 3.05) is 6.54 Å². The molecule has 1 aliphatic rings. The molecular formula is C15H21F2N. The number of nitrogens with one attached hydrogen (secondary N) is 1. The van der Waals surface area contributed by atoms with Gasteiger partial charge in [0.15, 0.2) is 0 Å². The second-order valence-electron chi connectivity index (χ2n) is 5.28. The number of halogens is 2. The Hall–Kier alpha value is -0.960. The van der Waals surface area contributed by atoms with E-state index in [0.29, 0.717) is 5.56 Å². The Morgan fingerprint density at radius 1 is 1.28 bits per heavy atom. The zero-order valence-corrected chi connectivity index (χ0v) is 10.9. The van der Waals surface area contributed by atoms with Crippen molar-refractivity contribution in [2.24, 2.45) is 5.92 Å². The van der Waals surface area contributed by atoms with Gasteiger partial charge in [-0.15, -0.1) is 0 Å². The zero-order valence-electron chi connectivity index (χ0n) is 10.9. The molecule has 2 rings (SSSR count). The Bertz CT molecular complexity index is 386. The van der Waals surface area contributed by atoms with Crippen LogP contribution in [0.3, 0.4) is 0 Å². The van der Waals surface area contributed by atoms with Crippen LogP contribution in [0.2, 0.25) is 0 Å². The summed E-state index contributed by atoms with van der Waals surface area (Å²) in [6, 6.07) is 3.49. The minimum Gasteiger partial charge on any atom is -0.310 e. The van der Waals surface area contributed by atoms with Crippen molar-refractivity contribution in [1.29, 1.82) is 0 Å². The van der Waals surface area contributed by atoms with Gasteiger partial charge in [0.05, 0.1) is 0 Å². The third kappa shape index (κ3) is 3.52. The molecule has 1 nitrogen and oxygen atoms in total. The first-order valence-electron chi connectivity index (χ1n) is 6.85. The lowest BCUT2D eigenvalue weighted by atomic mass is 10.0. The molecular weight excluding hydrogens is 232 g/mol. The summed E-state index contributed by atoms with van der Waals surface area (Å²) >= 11 is 0. The molecule has 1 saturated carbocycles. The molecule has 0 aliphatic heterocycles. The first kappa shape index (κ1) is 13.5. The maximum absolute atomic E-state index is 13.5. The van der Waals surface area contributed by atoms with Gasteiger partial charge < -0.3 is 5.32 Å². The molecule has 1 fully saturated rings. The van der Waals surface area contributed by atoms with E-state index in [9.17, 15) is 8.78 Å². The maximum Gasteiger partial charge on any atom is 0.128 e. The van der Waals surface area contributed by atoms with Crippen LogP contribution in [0.5, 0.6) is 0 Å². The lowest BCUT2D eigenvalue weighted by molar-refractivity contribution is 0.446. The molecule has 0 spiro atoms. The predicted molar refractivity (Wildman–Crippen MR) is 69.4 cm³/mol. The molecule has 0 radical (unpaired) electrons. The molecule has 3 heteroatoms. The van der Waals surface area contributed by atoms with Gasteiger partial charge in [0.25, 0.3) is 0 Å². The second kappa shape index (κ2) is 6.28. The molecule has 18 heavy (non-hydrogen) atoms. The van der Waals surface area contributed by atoms with E-state index in [4.69, 9.17) is 0 Å². The molecule has 0 amide bonds. The van der Waals surface area contributed by atoms with Crippen molar-refractivity contribution in [3.63, 3.8) is 0 Å². The number of hydrogen-bond acceptors (Lipinski definition) is 1. The van der Waals surface area contributed by atoms with Crippen LogP contribution >= 0.6 is 0 Å². The third-order valence-electron chi connectivity index (χ3n) is 3.90. The van der Waals surface area contributed by atoms with Gasteiger partial charge in [0.1, 0.15) is 11.6 Å². The smallest absolute Gasteiger partial charge is 0.128 e. The molecule has 1 unspecified atom stereocenters. The van der Waals surface area contributed by atoms with E-state index in [1.165, 1.54) is 37.8 Å². The van der Waals surface area contributed by atoms with E-state index in [1.54, 1.807) is 0 Å². The van der Waals surface area contributed by atoms with E-state index < -0.39 is 0 Å². The van der Waals surface area contributed by atoms with Gasteiger partial charge in [-0.3, -0.25) is 0 Å². The fourth-order valence-corrected chi connectivity index (χ4v) is 2.76. The Kier molecular flexibility index (Phi) is 4.70. The van der Waals surface area contributed by atoms with Crippen molar-refractivity contribution in [3.05, 3.63) is 35.4 Å². The van der Waals surface area contributed by atoms with Gasteiger partial charge in [0.2, 0.25) is 0 Å². The molecule has 0 bridgehead atoms. The first-order valence-corrected chi connectivity index (χ1v) is 6.85. The largest absolute Gasteiger partial charge is 0.310 e. The Balaban J connectivity index is 1.83. The fraction of sp³-hybridized carbons (Fsp3) is 0.600. The summed E-state index contributed by atoms with van der Waals surface area (Å²) in [6.45, 7) is 2.76. The van der Waals surface area contributed by atoms with Gasteiger partial charge in [-0.2, -0.15) is 0 Å². The number of rotatable bonds is 5. The van der Waals surface area contributed by atoms with Gasteiger partial charge in [-0.05, 0) is 44.0 Å². The highest BCUT2D eigenvalue weighted by Crippen LogP contribution is 2.27. The monoisotopic (exact) mass is 253 g/mol. The molecule has 100 valence electrons. The van der Waals surface area contributed by atoms with Gasteiger partial charge in [0, 0.05) is 11.6 Å². The summed E-state index contributed by atoms with van der Waals surface area (Å²) in [7, 11) is 0. The molecule has 0 saturated heterocycles. The summed E-state index contributed by atoms with van der Waals surface area (Å²) in [6.07, 6.45) is 6.48. The van der Waals surface area contributed by atoms with Crippen molar-refractivity contribution < 1.29 is 8.78 Å². The van der Waals surface area contributed by atoms with Crippen molar-refractivity contribution in [2.45, 2.75) is 45.1 Å². The van der Waals surface area contributed by atoms with Crippen molar-refractivity contribution >= 4 is 0 Å². The fourth-order valence-electron chi connectivity index (χ4n) is 2.76. The third-order valence-corrected chi connectivity index (χ3v) is 3.90. The van der Waals surface area contributed by atoms with Crippen LogP contribution in [-0.4, -0.2) is 6.54 Å². The van der Waals surface area contributed by atoms with E-state index in [1.807, 2.05) is 6.92 Å². The van der Waals surface area contributed by atoms with Crippen LogP contribution < -0.4 is 5.32 Å². The Morgan fingerprint density at radius 2 is 2.00 bits per heavy atom. The lowest BCUT2D eigenvalue weighted by Gasteiger charge is -2.16. The Morgan fingerprint density at radius 3 is 2.72 bits per heavy atom. The van der Waals surface area contributed by atoms with E-state index in [2.05, 4.69) is 5.32 Å². The van der Waals surface area contributed by atoms with Gasteiger partial charge >= 0.3 is 0 Å². The first-order chi connectivity index (χ1) is 8.66. The Labute approximate surface area is 108 Å². The molecule has 1 atom stereocenters. The normalized spacial score (nSPS) is 18.2. The summed E-state index contributed by atoms with van der Waals surface area (Å²) in [4.78, 5) is 0. The highest BCUT2D eigenvalue weighted by molar-refractivity contribution is 5.21. The average molecular weight is 253 g/mol. The number of hydrogen-bond donors (Lipinski definition) is 1. The van der Waals surface area contributed by atoms with Crippen LogP contribution in [0.4, 0.5) is 8.78 Å². The second-order valence-corrected chi connectivity index (χ2v) is 5.28. The topological polar surface area (TPSA) is 12.0 Å².